The van der Waals surface area contributed by atoms with Crippen LogP contribution in [0.4, 0.5) is 8.78 Å². The molecule has 2 atom stereocenters. The molecule has 1 fully saturated rings. The number of halogens is 2. The van der Waals surface area contributed by atoms with Crippen LogP contribution in [0, 0.1) is 11.6 Å². The Kier molecular flexibility index (Phi) is 4.40. The van der Waals surface area contributed by atoms with Crippen molar-refractivity contribution in [2.45, 2.75) is 31.1 Å². The summed E-state index contributed by atoms with van der Waals surface area (Å²) >= 11 is 1.98. The van der Waals surface area contributed by atoms with Crippen LogP contribution in [-0.2, 0) is 0 Å². The van der Waals surface area contributed by atoms with E-state index in [0.29, 0.717) is 10.8 Å². The smallest absolute Gasteiger partial charge is 0.126 e. The first-order valence-electron chi connectivity index (χ1n) is 5.96. The van der Waals surface area contributed by atoms with E-state index in [0.717, 1.165) is 12.6 Å². The van der Waals surface area contributed by atoms with Crippen LogP contribution in [0.5, 0.6) is 0 Å². The predicted molar refractivity (Wildman–Crippen MR) is 68.3 cm³/mol. The van der Waals surface area contributed by atoms with Crippen LogP contribution in [0.25, 0.3) is 0 Å². The zero-order valence-corrected chi connectivity index (χ0v) is 10.7. The zero-order valence-electron chi connectivity index (χ0n) is 9.88. The lowest BCUT2D eigenvalue weighted by Gasteiger charge is -2.17. The van der Waals surface area contributed by atoms with Gasteiger partial charge in [-0.3, -0.25) is 0 Å². The van der Waals surface area contributed by atoms with Gasteiger partial charge in [-0.15, -0.1) is 0 Å². The van der Waals surface area contributed by atoms with Crippen LogP contribution in [0.1, 0.15) is 31.4 Å². The molecule has 1 aromatic carbocycles. The Hall–Kier alpha value is -0.610. The number of benzene rings is 1. The van der Waals surface area contributed by atoms with E-state index < -0.39 is 11.6 Å². The van der Waals surface area contributed by atoms with Crippen LogP contribution in [-0.4, -0.2) is 17.5 Å². The van der Waals surface area contributed by atoms with Crippen molar-refractivity contribution in [2.24, 2.45) is 0 Å². The van der Waals surface area contributed by atoms with E-state index >= 15 is 0 Å². The molecular formula is C13H17F2NS. The lowest BCUT2D eigenvalue weighted by molar-refractivity contribution is 0.539. The largest absolute Gasteiger partial charge is 0.309 e. The van der Waals surface area contributed by atoms with Crippen molar-refractivity contribution in [3.8, 4) is 0 Å². The fourth-order valence-corrected chi connectivity index (χ4v) is 3.27. The Morgan fingerprint density at radius 2 is 2.06 bits per heavy atom. The molecule has 1 heterocycles. The van der Waals surface area contributed by atoms with Gasteiger partial charge in [0.2, 0.25) is 0 Å². The van der Waals surface area contributed by atoms with Gasteiger partial charge in [-0.1, -0.05) is 0 Å². The van der Waals surface area contributed by atoms with Gasteiger partial charge in [0.25, 0.3) is 0 Å². The van der Waals surface area contributed by atoms with E-state index in [9.17, 15) is 8.78 Å². The maximum atomic E-state index is 13.1. The molecule has 94 valence electrons. The molecule has 1 nitrogen and oxygen atoms in total. The molecule has 1 N–H and O–H groups in total. The quantitative estimate of drug-likeness (QED) is 0.886. The van der Waals surface area contributed by atoms with E-state index in [1.807, 2.05) is 18.7 Å². The third kappa shape index (κ3) is 3.68. The highest BCUT2D eigenvalue weighted by Crippen LogP contribution is 2.26. The molecule has 0 aliphatic carbocycles. The Morgan fingerprint density at radius 3 is 2.65 bits per heavy atom. The van der Waals surface area contributed by atoms with E-state index in [4.69, 9.17) is 0 Å². The van der Waals surface area contributed by atoms with Crippen molar-refractivity contribution in [1.82, 2.24) is 5.32 Å². The first-order valence-corrected chi connectivity index (χ1v) is 7.01. The number of rotatable bonds is 4. The van der Waals surface area contributed by atoms with Crippen molar-refractivity contribution in [3.05, 3.63) is 35.4 Å². The average molecular weight is 257 g/mol. The maximum absolute atomic E-state index is 13.1. The highest BCUT2D eigenvalue weighted by Gasteiger charge is 2.16. The highest BCUT2D eigenvalue weighted by atomic mass is 32.2. The second-order valence-electron chi connectivity index (χ2n) is 4.47. The molecule has 1 aliphatic rings. The third-order valence-electron chi connectivity index (χ3n) is 3.06. The molecule has 2 unspecified atom stereocenters. The number of nitrogens with one attached hydrogen (secondary N) is 1. The summed E-state index contributed by atoms with van der Waals surface area (Å²) in [5, 5.41) is 3.99. The number of hydrogen-bond acceptors (Lipinski definition) is 2. The molecule has 0 saturated carbocycles. The van der Waals surface area contributed by atoms with Gasteiger partial charge in [-0.25, -0.2) is 8.78 Å². The molecular weight excluding hydrogens is 240 g/mol. The number of hydrogen-bond donors (Lipinski definition) is 1. The standard InChI is InChI=1S/C13H17F2NS/c1-9(16-8-13-3-2-4-17-13)10-5-11(14)7-12(15)6-10/h5-7,9,13,16H,2-4,8H2,1H3. The summed E-state index contributed by atoms with van der Waals surface area (Å²) in [6, 6.07) is 3.68. The third-order valence-corrected chi connectivity index (χ3v) is 4.46. The lowest BCUT2D eigenvalue weighted by atomic mass is 10.1. The second-order valence-corrected chi connectivity index (χ2v) is 5.88. The SMILES string of the molecule is CC(NCC1CCCS1)c1cc(F)cc(F)c1. The van der Waals surface area contributed by atoms with Gasteiger partial charge in [0.15, 0.2) is 0 Å². The average Bonchev–Trinajstić information content (AvgIpc) is 2.77. The molecule has 1 saturated heterocycles. The summed E-state index contributed by atoms with van der Waals surface area (Å²) in [7, 11) is 0. The first kappa shape index (κ1) is 12.8. The van der Waals surface area contributed by atoms with Gasteiger partial charge in [-0.2, -0.15) is 11.8 Å². The summed E-state index contributed by atoms with van der Waals surface area (Å²) in [6.45, 7) is 2.85. The lowest BCUT2D eigenvalue weighted by Crippen LogP contribution is -2.26. The van der Waals surface area contributed by atoms with Gasteiger partial charge in [-0.05, 0) is 43.2 Å². The first-order chi connectivity index (χ1) is 8.15. The van der Waals surface area contributed by atoms with E-state index in [2.05, 4.69) is 5.32 Å². The van der Waals surface area contributed by atoms with Crippen LogP contribution in [0.15, 0.2) is 18.2 Å². The zero-order chi connectivity index (χ0) is 12.3. The van der Waals surface area contributed by atoms with Gasteiger partial charge in [0.05, 0.1) is 0 Å². The molecule has 0 aromatic heterocycles. The van der Waals surface area contributed by atoms with Crippen molar-refractivity contribution >= 4 is 11.8 Å². The second kappa shape index (κ2) is 5.83. The van der Waals surface area contributed by atoms with Crippen molar-refractivity contribution in [2.75, 3.05) is 12.3 Å². The van der Waals surface area contributed by atoms with Crippen LogP contribution in [0.2, 0.25) is 0 Å². The summed E-state index contributed by atoms with van der Waals surface area (Å²) in [4.78, 5) is 0. The van der Waals surface area contributed by atoms with Crippen LogP contribution < -0.4 is 5.32 Å². The predicted octanol–water partition coefficient (Wildman–Crippen LogP) is 3.51. The van der Waals surface area contributed by atoms with E-state index in [1.54, 1.807) is 0 Å². The Morgan fingerprint density at radius 1 is 1.35 bits per heavy atom. The molecule has 0 spiro atoms. The van der Waals surface area contributed by atoms with Crippen LogP contribution in [0.3, 0.4) is 0 Å². The number of thioether (sulfide) groups is 1. The Balaban J connectivity index is 1.91. The molecule has 4 heteroatoms. The molecule has 17 heavy (non-hydrogen) atoms. The van der Waals surface area contributed by atoms with E-state index in [-0.39, 0.29) is 6.04 Å². The van der Waals surface area contributed by atoms with Gasteiger partial charge in [0.1, 0.15) is 11.6 Å². The minimum atomic E-state index is -0.510. The van der Waals surface area contributed by atoms with E-state index in [1.165, 1.54) is 30.7 Å². The van der Waals surface area contributed by atoms with Crippen molar-refractivity contribution < 1.29 is 8.78 Å². The van der Waals surface area contributed by atoms with Gasteiger partial charge in [0, 0.05) is 23.9 Å². The molecule has 0 radical (unpaired) electrons. The van der Waals surface area contributed by atoms with Crippen LogP contribution >= 0.6 is 11.8 Å². The summed E-state index contributed by atoms with van der Waals surface area (Å²) in [6.07, 6.45) is 2.52. The fraction of sp³-hybridized carbons (Fsp3) is 0.538. The van der Waals surface area contributed by atoms with Crippen molar-refractivity contribution in [3.63, 3.8) is 0 Å². The van der Waals surface area contributed by atoms with Crippen molar-refractivity contribution in [1.29, 1.82) is 0 Å². The maximum Gasteiger partial charge on any atom is 0.126 e. The van der Waals surface area contributed by atoms with Gasteiger partial charge < -0.3 is 5.32 Å². The highest BCUT2D eigenvalue weighted by molar-refractivity contribution is 8.00. The van der Waals surface area contributed by atoms with Gasteiger partial charge >= 0.3 is 0 Å². The monoisotopic (exact) mass is 257 g/mol. The molecule has 2 rings (SSSR count). The molecule has 0 amide bonds. The topological polar surface area (TPSA) is 12.0 Å². The Bertz CT molecular complexity index is 357. The summed E-state index contributed by atoms with van der Waals surface area (Å²) in [5.74, 6) is 0.211. The fourth-order valence-electron chi connectivity index (χ4n) is 2.06. The molecule has 1 aliphatic heterocycles. The minimum absolute atomic E-state index is 0.0126. The molecule has 0 bridgehead atoms. The normalized spacial score (nSPS) is 21.7. The minimum Gasteiger partial charge on any atom is -0.309 e. The Labute approximate surface area is 105 Å². The molecule has 1 aromatic rings. The summed E-state index contributed by atoms with van der Waals surface area (Å²) in [5.41, 5.74) is 0.672. The summed E-state index contributed by atoms with van der Waals surface area (Å²) < 4.78 is 26.1.